The Bertz CT molecular complexity index is 1190. The van der Waals surface area contributed by atoms with E-state index in [4.69, 9.17) is 0 Å². The lowest BCUT2D eigenvalue weighted by Gasteiger charge is -2.24. The highest BCUT2D eigenvalue weighted by Crippen LogP contribution is 2.24. The number of aryl methyl sites for hydroxylation is 1. The number of hydrogen-bond acceptors (Lipinski definition) is 4. The molecule has 0 saturated carbocycles. The second kappa shape index (κ2) is 6.87. The van der Waals surface area contributed by atoms with Crippen molar-refractivity contribution in [3.8, 4) is 0 Å². The Morgan fingerprint density at radius 2 is 1.82 bits per heavy atom. The minimum absolute atomic E-state index is 0.0369. The number of nitrogens with zero attached hydrogens (tertiary/aromatic N) is 5. The van der Waals surface area contributed by atoms with Crippen molar-refractivity contribution in [2.24, 2.45) is 7.05 Å². The van der Waals surface area contributed by atoms with Gasteiger partial charge in [0.15, 0.2) is 5.82 Å². The molecule has 0 radical (unpaired) electrons. The molecule has 0 amide bonds. The van der Waals surface area contributed by atoms with Crippen LogP contribution < -0.4 is 5.56 Å². The number of para-hydroxylation sites is 1. The highest BCUT2D eigenvalue weighted by Gasteiger charge is 2.26. The molecule has 1 saturated heterocycles. The molecule has 6 heteroatoms. The predicted molar refractivity (Wildman–Crippen MR) is 109 cm³/mol. The van der Waals surface area contributed by atoms with E-state index in [2.05, 4.69) is 45.4 Å². The molecule has 3 heterocycles. The third kappa shape index (κ3) is 2.81. The van der Waals surface area contributed by atoms with Crippen LogP contribution in [0.3, 0.4) is 0 Å². The van der Waals surface area contributed by atoms with Gasteiger partial charge in [0.25, 0.3) is 5.56 Å². The van der Waals surface area contributed by atoms with Crippen LogP contribution in [0.5, 0.6) is 0 Å². The smallest absolute Gasteiger partial charge is 0.262 e. The third-order valence-electron chi connectivity index (χ3n) is 5.85. The zero-order valence-corrected chi connectivity index (χ0v) is 16.0. The zero-order chi connectivity index (χ0) is 19.1. The Morgan fingerprint density at radius 3 is 2.68 bits per heavy atom. The molecule has 5 rings (SSSR count). The largest absolute Gasteiger partial charge is 0.293 e. The summed E-state index contributed by atoms with van der Waals surface area (Å²) in [6.45, 7) is 1.80. The van der Waals surface area contributed by atoms with Gasteiger partial charge in [-0.15, -0.1) is 10.2 Å². The molecule has 142 valence electrons. The molecular formula is C22H23N5O. The molecule has 0 aliphatic carbocycles. The maximum absolute atomic E-state index is 12.6. The van der Waals surface area contributed by atoms with Gasteiger partial charge in [-0.2, -0.15) is 0 Å². The quantitative estimate of drug-likeness (QED) is 0.552. The molecule has 1 aliphatic heterocycles. The molecule has 2 aromatic heterocycles. The summed E-state index contributed by atoms with van der Waals surface area (Å²) < 4.78 is 3.62. The van der Waals surface area contributed by atoms with E-state index >= 15 is 0 Å². The van der Waals surface area contributed by atoms with Gasteiger partial charge in [-0.25, -0.2) is 0 Å². The number of fused-ring (bicyclic) bond motifs is 3. The standard InChI is InChI=1S/C22H23N5O/c1-25-21(28)18-11-5-6-12-19(18)27-20(23-24-22(25)27)15-26-13-7-10-17(26)14-16-8-3-2-4-9-16/h2-6,8-9,11-12,17H,7,10,13-15H2,1H3. The lowest BCUT2D eigenvalue weighted by Crippen LogP contribution is -2.31. The van der Waals surface area contributed by atoms with Crippen molar-refractivity contribution >= 4 is 16.7 Å². The lowest BCUT2D eigenvalue weighted by molar-refractivity contribution is 0.237. The molecule has 1 fully saturated rings. The van der Waals surface area contributed by atoms with Crippen LogP contribution in [0.2, 0.25) is 0 Å². The highest BCUT2D eigenvalue weighted by atomic mass is 16.1. The average molecular weight is 373 g/mol. The van der Waals surface area contributed by atoms with Crippen LogP contribution in [0.1, 0.15) is 24.2 Å². The molecule has 0 bridgehead atoms. The monoisotopic (exact) mass is 373 g/mol. The van der Waals surface area contributed by atoms with Crippen LogP contribution in [-0.4, -0.2) is 36.7 Å². The summed E-state index contributed by atoms with van der Waals surface area (Å²) in [5, 5.41) is 9.49. The van der Waals surface area contributed by atoms with Gasteiger partial charge in [0, 0.05) is 13.1 Å². The second-order valence-electron chi connectivity index (χ2n) is 7.59. The number of rotatable bonds is 4. The fourth-order valence-electron chi connectivity index (χ4n) is 4.40. The summed E-state index contributed by atoms with van der Waals surface area (Å²) >= 11 is 0. The van der Waals surface area contributed by atoms with Crippen molar-refractivity contribution in [1.82, 2.24) is 24.1 Å². The Morgan fingerprint density at radius 1 is 1.04 bits per heavy atom. The van der Waals surface area contributed by atoms with E-state index in [9.17, 15) is 4.79 Å². The average Bonchev–Trinajstić information content (AvgIpc) is 3.35. The van der Waals surface area contributed by atoms with E-state index in [1.165, 1.54) is 18.4 Å². The number of benzene rings is 2. The summed E-state index contributed by atoms with van der Waals surface area (Å²) in [7, 11) is 1.76. The molecule has 1 atom stereocenters. The van der Waals surface area contributed by atoms with Gasteiger partial charge in [0.05, 0.1) is 17.4 Å². The van der Waals surface area contributed by atoms with E-state index in [-0.39, 0.29) is 5.56 Å². The van der Waals surface area contributed by atoms with Gasteiger partial charge in [0.2, 0.25) is 5.78 Å². The van der Waals surface area contributed by atoms with E-state index in [0.717, 1.165) is 30.9 Å². The van der Waals surface area contributed by atoms with Crippen LogP contribution in [0, 0.1) is 0 Å². The molecule has 28 heavy (non-hydrogen) atoms. The first kappa shape index (κ1) is 17.1. The molecular weight excluding hydrogens is 350 g/mol. The van der Waals surface area contributed by atoms with Gasteiger partial charge in [-0.1, -0.05) is 42.5 Å². The summed E-state index contributed by atoms with van der Waals surface area (Å²) in [5.41, 5.74) is 2.21. The maximum atomic E-state index is 12.6. The summed E-state index contributed by atoms with van der Waals surface area (Å²) in [6.07, 6.45) is 3.45. The molecule has 6 nitrogen and oxygen atoms in total. The Labute approximate surface area is 163 Å². The Kier molecular flexibility index (Phi) is 4.20. The Balaban J connectivity index is 1.52. The van der Waals surface area contributed by atoms with Crippen molar-refractivity contribution in [3.63, 3.8) is 0 Å². The number of hydrogen-bond donors (Lipinski definition) is 0. The molecule has 2 aromatic carbocycles. The fraction of sp³-hybridized carbons (Fsp3) is 0.318. The van der Waals surface area contributed by atoms with Crippen molar-refractivity contribution < 1.29 is 0 Å². The minimum atomic E-state index is -0.0369. The van der Waals surface area contributed by atoms with E-state index < -0.39 is 0 Å². The van der Waals surface area contributed by atoms with Crippen LogP contribution in [0.15, 0.2) is 59.4 Å². The Hall–Kier alpha value is -2.99. The van der Waals surface area contributed by atoms with Crippen molar-refractivity contribution in [1.29, 1.82) is 0 Å². The van der Waals surface area contributed by atoms with Crippen LogP contribution in [0.4, 0.5) is 0 Å². The summed E-state index contributed by atoms with van der Waals surface area (Å²) in [5.74, 6) is 1.49. The van der Waals surface area contributed by atoms with Crippen molar-refractivity contribution in [2.75, 3.05) is 6.54 Å². The first-order chi connectivity index (χ1) is 13.7. The molecule has 1 unspecified atom stereocenters. The number of aromatic nitrogens is 4. The van der Waals surface area contributed by atoms with E-state index in [1.54, 1.807) is 11.6 Å². The maximum Gasteiger partial charge on any atom is 0.262 e. The molecule has 1 aliphatic rings. The lowest BCUT2D eigenvalue weighted by atomic mass is 10.0. The van der Waals surface area contributed by atoms with Gasteiger partial charge in [-0.05, 0) is 43.5 Å². The second-order valence-corrected chi connectivity index (χ2v) is 7.59. The van der Waals surface area contributed by atoms with Gasteiger partial charge in [-0.3, -0.25) is 18.7 Å². The SMILES string of the molecule is Cn1c(=O)c2ccccc2n2c(CN3CCCC3Cc3ccccc3)nnc12. The normalized spacial score (nSPS) is 17.7. The fourth-order valence-corrected chi connectivity index (χ4v) is 4.40. The number of likely N-dealkylation sites (tertiary alicyclic amines) is 1. The molecule has 4 aromatic rings. The van der Waals surface area contributed by atoms with Gasteiger partial charge >= 0.3 is 0 Å². The van der Waals surface area contributed by atoms with Crippen molar-refractivity contribution in [2.45, 2.75) is 31.8 Å². The first-order valence-corrected chi connectivity index (χ1v) is 9.82. The molecule has 0 N–H and O–H groups in total. The minimum Gasteiger partial charge on any atom is -0.293 e. The third-order valence-corrected chi connectivity index (χ3v) is 5.85. The van der Waals surface area contributed by atoms with Crippen LogP contribution in [0.25, 0.3) is 16.7 Å². The van der Waals surface area contributed by atoms with Gasteiger partial charge < -0.3 is 0 Å². The zero-order valence-electron chi connectivity index (χ0n) is 16.0. The predicted octanol–water partition coefficient (Wildman–Crippen LogP) is 2.79. The van der Waals surface area contributed by atoms with E-state index in [0.29, 0.717) is 17.2 Å². The topological polar surface area (TPSA) is 55.4 Å². The van der Waals surface area contributed by atoms with Crippen LogP contribution >= 0.6 is 0 Å². The molecule has 0 spiro atoms. The summed E-state index contributed by atoms with van der Waals surface area (Å²) in [6, 6.07) is 18.9. The van der Waals surface area contributed by atoms with Crippen LogP contribution in [-0.2, 0) is 20.0 Å². The highest BCUT2D eigenvalue weighted by molar-refractivity contribution is 5.80. The van der Waals surface area contributed by atoms with Crippen molar-refractivity contribution in [3.05, 3.63) is 76.3 Å². The summed E-state index contributed by atoms with van der Waals surface area (Å²) in [4.78, 5) is 15.1. The first-order valence-electron chi connectivity index (χ1n) is 9.82. The van der Waals surface area contributed by atoms with Gasteiger partial charge in [0.1, 0.15) is 0 Å². The van der Waals surface area contributed by atoms with E-state index in [1.807, 2.05) is 28.7 Å².